The predicted molar refractivity (Wildman–Crippen MR) is 96.8 cm³/mol. The van der Waals surface area contributed by atoms with Gasteiger partial charge in [0.2, 0.25) is 0 Å². The number of hydrogen-bond donors (Lipinski definition) is 0. The van der Waals surface area contributed by atoms with Crippen molar-refractivity contribution in [3.05, 3.63) is 74.6 Å². The van der Waals surface area contributed by atoms with Gasteiger partial charge in [-0.3, -0.25) is 0 Å². The fourth-order valence-corrected chi connectivity index (χ4v) is 2.97. The quantitative estimate of drug-likeness (QED) is 0.644. The lowest BCUT2D eigenvalue weighted by Gasteiger charge is -2.13. The van der Waals surface area contributed by atoms with Crippen molar-refractivity contribution in [2.24, 2.45) is 0 Å². The Morgan fingerprint density at radius 1 is 1.00 bits per heavy atom. The lowest BCUT2D eigenvalue weighted by Crippen LogP contribution is -2.03. The summed E-state index contributed by atoms with van der Waals surface area (Å²) < 4.78 is 11.5. The summed E-state index contributed by atoms with van der Waals surface area (Å²) in [6.45, 7) is 8.62. The van der Waals surface area contributed by atoms with Crippen LogP contribution < -0.4 is 10.4 Å². The minimum Gasteiger partial charge on any atom is -0.488 e. The van der Waals surface area contributed by atoms with E-state index < -0.39 is 0 Å². The van der Waals surface area contributed by atoms with Crippen LogP contribution in [0.3, 0.4) is 0 Å². The van der Waals surface area contributed by atoms with Gasteiger partial charge >= 0.3 is 5.63 Å². The molecule has 0 saturated carbocycles. The summed E-state index contributed by atoms with van der Waals surface area (Å²) in [5.41, 5.74) is 5.77. The number of hydrogen-bond acceptors (Lipinski definition) is 3. The predicted octanol–water partition coefficient (Wildman–Crippen LogP) is 4.86. The molecule has 24 heavy (non-hydrogen) atoms. The highest BCUT2D eigenvalue weighted by atomic mass is 16.5. The molecule has 0 aliphatic rings. The van der Waals surface area contributed by atoms with Crippen LogP contribution in [0.15, 0.2) is 45.6 Å². The van der Waals surface area contributed by atoms with E-state index in [9.17, 15) is 4.79 Å². The minimum absolute atomic E-state index is 0.311. The third-order valence-corrected chi connectivity index (χ3v) is 4.47. The van der Waals surface area contributed by atoms with Gasteiger partial charge in [0.05, 0.1) is 0 Å². The van der Waals surface area contributed by atoms with Gasteiger partial charge in [0.25, 0.3) is 0 Å². The van der Waals surface area contributed by atoms with Crippen LogP contribution in [0.4, 0.5) is 0 Å². The Morgan fingerprint density at radius 2 is 1.79 bits per heavy atom. The van der Waals surface area contributed by atoms with E-state index in [1.807, 2.05) is 26.0 Å². The monoisotopic (exact) mass is 322 g/mol. The molecule has 2 aromatic carbocycles. The molecule has 0 fully saturated rings. The zero-order valence-corrected chi connectivity index (χ0v) is 14.6. The number of fused-ring (bicyclic) bond motifs is 1. The highest BCUT2D eigenvalue weighted by molar-refractivity contribution is 5.84. The zero-order valence-electron chi connectivity index (χ0n) is 14.6. The molecule has 0 aliphatic carbocycles. The topological polar surface area (TPSA) is 39.4 Å². The second kappa shape index (κ2) is 6.52. The Bertz CT molecular complexity index is 951. The van der Waals surface area contributed by atoms with Crippen LogP contribution in [0.2, 0.25) is 0 Å². The van der Waals surface area contributed by atoms with Crippen LogP contribution in [0.1, 0.15) is 34.7 Å². The number of aryl methyl sites for hydroxylation is 4. The maximum atomic E-state index is 11.8. The molecule has 0 aliphatic heterocycles. The first-order chi connectivity index (χ1) is 11.5. The Kier molecular flexibility index (Phi) is 4.43. The molecule has 0 unspecified atom stereocenters. The summed E-state index contributed by atoms with van der Waals surface area (Å²) in [5.74, 6) is 0.750. The molecule has 0 saturated heterocycles. The summed E-state index contributed by atoms with van der Waals surface area (Å²) in [4.78, 5) is 11.8. The molecule has 0 spiro atoms. The van der Waals surface area contributed by atoms with Crippen LogP contribution in [0.25, 0.3) is 11.0 Å². The molecule has 1 aromatic heterocycles. The van der Waals surface area contributed by atoms with E-state index in [1.165, 1.54) is 16.7 Å². The molecule has 0 radical (unpaired) electrons. The first kappa shape index (κ1) is 16.3. The SMILES string of the molecule is CCc1cc(=O)oc2c(C)c(OCc3cc(C)ccc3C)ccc12. The summed E-state index contributed by atoms with van der Waals surface area (Å²) in [6, 6.07) is 11.8. The van der Waals surface area contributed by atoms with Crippen molar-refractivity contribution in [1.82, 2.24) is 0 Å². The summed E-state index contributed by atoms with van der Waals surface area (Å²) in [5, 5.41) is 0.980. The van der Waals surface area contributed by atoms with Gasteiger partial charge in [-0.15, -0.1) is 0 Å². The Labute approximate surface area is 141 Å². The molecule has 0 N–H and O–H groups in total. The van der Waals surface area contributed by atoms with E-state index in [2.05, 4.69) is 32.0 Å². The van der Waals surface area contributed by atoms with Crippen LogP contribution >= 0.6 is 0 Å². The van der Waals surface area contributed by atoms with Crippen LogP contribution in [0.5, 0.6) is 5.75 Å². The highest BCUT2D eigenvalue weighted by Crippen LogP contribution is 2.29. The molecule has 0 bridgehead atoms. The van der Waals surface area contributed by atoms with E-state index in [4.69, 9.17) is 9.15 Å². The Morgan fingerprint density at radius 3 is 2.54 bits per heavy atom. The third kappa shape index (κ3) is 3.07. The Hall–Kier alpha value is -2.55. The van der Waals surface area contributed by atoms with Gasteiger partial charge < -0.3 is 9.15 Å². The summed E-state index contributed by atoms with van der Waals surface area (Å²) >= 11 is 0. The van der Waals surface area contributed by atoms with E-state index in [1.54, 1.807) is 6.07 Å². The molecule has 3 aromatic rings. The maximum absolute atomic E-state index is 11.8. The fourth-order valence-electron chi connectivity index (χ4n) is 2.97. The first-order valence-corrected chi connectivity index (χ1v) is 8.25. The van der Waals surface area contributed by atoms with Gasteiger partial charge in [0.1, 0.15) is 17.9 Å². The van der Waals surface area contributed by atoms with Crippen molar-refractivity contribution in [2.75, 3.05) is 0 Å². The molecular formula is C21H22O3. The van der Waals surface area contributed by atoms with Gasteiger partial charge in [-0.25, -0.2) is 4.79 Å². The molecule has 124 valence electrons. The van der Waals surface area contributed by atoms with E-state index in [0.717, 1.165) is 28.7 Å². The largest absolute Gasteiger partial charge is 0.488 e. The molecule has 0 amide bonds. The first-order valence-electron chi connectivity index (χ1n) is 8.25. The van der Waals surface area contributed by atoms with Gasteiger partial charge in [0.15, 0.2) is 0 Å². The van der Waals surface area contributed by atoms with Gasteiger partial charge in [-0.2, -0.15) is 0 Å². The lowest BCUT2D eigenvalue weighted by atomic mass is 10.0. The van der Waals surface area contributed by atoms with E-state index >= 15 is 0 Å². The standard InChI is InChI=1S/C21H22O3/c1-5-16-11-20(22)24-21-15(4)19(9-8-18(16)21)23-12-17-10-13(2)6-7-14(17)3/h6-11H,5,12H2,1-4H3. The molecular weight excluding hydrogens is 300 g/mol. The van der Waals surface area contributed by atoms with Gasteiger partial charge in [-0.1, -0.05) is 30.7 Å². The van der Waals surface area contributed by atoms with Crippen LogP contribution in [0, 0.1) is 20.8 Å². The molecule has 3 rings (SSSR count). The summed E-state index contributed by atoms with van der Waals surface area (Å²) in [7, 11) is 0. The Balaban J connectivity index is 1.97. The van der Waals surface area contributed by atoms with Crippen molar-refractivity contribution in [2.45, 2.75) is 40.7 Å². The average Bonchev–Trinajstić information content (AvgIpc) is 2.57. The van der Waals surface area contributed by atoms with Crippen molar-refractivity contribution in [3.63, 3.8) is 0 Å². The number of benzene rings is 2. The minimum atomic E-state index is -0.311. The fraction of sp³-hybridized carbons (Fsp3) is 0.286. The molecule has 0 atom stereocenters. The average molecular weight is 322 g/mol. The zero-order chi connectivity index (χ0) is 17.3. The van der Waals surface area contributed by atoms with Gasteiger partial charge in [0, 0.05) is 17.0 Å². The van der Waals surface area contributed by atoms with E-state index in [0.29, 0.717) is 12.2 Å². The second-order valence-electron chi connectivity index (χ2n) is 6.23. The van der Waals surface area contributed by atoms with Gasteiger partial charge in [-0.05, 0) is 56.0 Å². The van der Waals surface area contributed by atoms with Crippen molar-refractivity contribution >= 4 is 11.0 Å². The molecule has 1 heterocycles. The second-order valence-corrected chi connectivity index (χ2v) is 6.23. The van der Waals surface area contributed by atoms with Crippen LogP contribution in [-0.2, 0) is 13.0 Å². The summed E-state index contributed by atoms with van der Waals surface area (Å²) in [6.07, 6.45) is 0.796. The molecule has 3 nitrogen and oxygen atoms in total. The maximum Gasteiger partial charge on any atom is 0.336 e. The molecule has 3 heteroatoms. The van der Waals surface area contributed by atoms with E-state index in [-0.39, 0.29) is 5.63 Å². The van der Waals surface area contributed by atoms with Crippen molar-refractivity contribution in [1.29, 1.82) is 0 Å². The van der Waals surface area contributed by atoms with Crippen molar-refractivity contribution < 1.29 is 9.15 Å². The normalized spacial score (nSPS) is 11.0. The van der Waals surface area contributed by atoms with Crippen LogP contribution in [-0.4, -0.2) is 0 Å². The number of rotatable bonds is 4. The number of ether oxygens (including phenoxy) is 1. The highest BCUT2D eigenvalue weighted by Gasteiger charge is 2.11. The lowest BCUT2D eigenvalue weighted by molar-refractivity contribution is 0.303. The van der Waals surface area contributed by atoms with Crippen molar-refractivity contribution in [3.8, 4) is 5.75 Å². The smallest absolute Gasteiger partial charge is 0.336 e. The third-order valence-electron chi connectivity index (χ3n) is 4.47.